The number of halogens is 1. The summed E-state index contributed by atoms with van der Waals surface area (Å²) < 4.78 is 20.6. The normalized spacial score (nSPS) is 10.7. The molecule has 0 amide bonds. The molecule has 2 rings (SSSR count). The Morgan fingerprint density at radius 3 is 2.79 bits per heavy atom. The van der Waals surface area contributed by atoms with Crippen LogP contribution in [-0.4, -0.2) is 14.8 Å². The number of rotatable bonds is 4. The van der Waals surface area contributed by atoms with Gasteiger partial charge in [-0.25, -0.2) is 4.39 Å². The summed E-state index contributed by atoms with van der Waals surface area (Å²) in [6, 6.07) is 4.28. The van der Waals surface area contributed by atoms with E-state index in [-0.39, 0.29) is 11.0 Å². The lowest BCUT2D eigenvalue weighted by Crippen LogP contribution is -2.11. The molecule has 1 aromatic carbocycles. The van der Waals surface area contributed by atoms with Crippen molar-refractivity contribution < 1.29 is 9.13 Å². The Balaban J connectivity index is 2.29. The molecule has 0 aliphatic heterocycles. The lowest BCUT2D eigenvalue weighted by molar-refractivity contribution is 0.474. The number of nitrogens with two attached hydrogens (primary N) is 1. The third-order valence-electron chi connectivity index (χ3n) is 2.54. The molecule has 0 spiro atoms. The number of benzene rings is 1. The maximum absolute atomic E-state index is 13.2. The van der Waals surface area contributed by atoms with Gasteiger partial charge < -0.3 is 10.5 Å². The van der Waals surface area contributed by atoms with Gasteiger partial charge in [0, 0.05) is 6.04 Å². The zero-order valence-corrected chi connectivity index (χ0v) is 11.4. The third-order valence-corrected chi connectivity index (χ3v) is 2.76. The minimum absolute atomic E-state index is 0.0887. The van der Waals surface area contributed by atoms with Crippen LogP contribution in [0.1, 0.15) is 25.5 Å². The summed E-state index contributed by atoms with van der Waals surface area (Å²) in [5.41, 5.74) is 5.92. The Morgan fingerprint density at radius 2 is 2.21 bits per heavy atom. The molecule has 0 fully saturated rings. The molecule has 2 N–H and O–H groups in total. The van der Waals surface area contributed by atoms with Gasteiger partial charge in [0.1, 0.15) is 16.6 Å². The topological polar surface area (TPSA) is 53.1 Å². The molecule has 0 saturated heterocycles. The first kappa shape index (κ1) is 13.5. The van der Waals surface area contributed by atoms with Gasteiger partial charge in [0.25, 0.3) is 0 Å². The Labute approximate surface area is 116 Å². The molecule has 1 heterocycles. The van der Waals surface area contributed by atoms with Gasteiger partial charge in [-0.15, -0.1) is 0 Å². The van der Waals surface area contributed by atoms with E-state index in [0.717, 1.165) is 0 Å². The molecule has 100 valence electrons. The average molecular weight is 279 g/mol. The average Bonchev–Trinajstić information content (AvgIpc) is 2.80. The van der Waals surface area contributed by atoms with Gasteiger partial charge in [0.05, 0.1) is 18.0 Å². The molecule has 0 unspecified atom stereocenters. The van der Waals surface area contributed by atoms with Gasteiger partial charge in [0.2, 0.25) is 0 Å². The molecule has 19 heavy (non-hydrogen) atoms. The first-order valence-electron chi connectivity index (χ1n) is 5.78. The number of aromatic nitrogens is 2. The van der Waals surface area contributed by atoms with E-state index in [1.165, 1.54) is 18.2 Å². The van der Waals surface area contributed by atoms with Crippen molar-refractivity contribution in [3.8, 4) is 11.5 Å². The molecule has 0 bridgehead atoms. The maximum atomic E-state index is 13.2. The molecule has 0 radical (unpaired) electrons. The van der Waals surface area contributed by atoms with Crippen molar-refractivity contribution >= 4 is 17.2 Å². The Kier molecular flexibility index (Phi) is 3.80. The van der Waals surface area contributed by atoms with Gasteiger partial charge in [-0.05, 0) is 32.0 Å². The minimum atomic E-state index is -0.409. The molecule has 0 aliphatic rings. The van der Waals surface area contributed by atoms with E-state index in [1.807, 2.05) is 13.8 Å². The van der Waals surface area contributed by atoms with Gasteiger partial charge >= 0.3 is 0 Å². The van der Waals surface area contributed by atoms with Crippen LogP contribution in [-0.2, 0) is 0 Å². The second kappa shape index (κ2) is 5.36. The summed E-state index contributed by atoms with van der Waals surface area (Å²) in [5, 5.41) is 4.16. The first-order chi connectivity index (χ1) is 8.97. The van der Waals surface area contributed by atoms with Gasteiger partial charge in [-0.1, -0.05) is 12.2 Å². The molecular formula is C13H14FN3OS. The Bertz CT molecular complexity index is 610. The van der Waals surface area contributed by atoms with Crippen LogP contribution in [0.5, 0.6) is 11.5 Å². The number of ether oxygens (including phenoxy) is 1. The standard InChI is InChI=1S/C13H14FN3OS/c1-8(2)17-7-10(6-16-17)18-12-4-3-9(14)5-11(12)13(15)19/h3-8H,1-2H3,(H2,15,19). The van der Waals surface area contributed by atoms with Crippen molar-refractivity contribution in [3.63, 3.8) is 0 Å². The van der Waals surface area contributed by atoms with Crippen LogP contribution >= 0.6 is 12.2 Å². The number of thiocarbonyl (C=S) groups is 1. The fourth-order valence-corrected chi connectivity index (χ4v) is 1.73. The van der Waals surface area contributed by atoms with Crippen molar-refractivity contribution in [2.75, 3.05) is 0 Å². The largest absolute Gasteiger partial charge is 0.453 e. The highest BCUT2D eigenvalue weighted by Gasteiger charge is 2.10. The number of hydrogen-bond donors (Lipinski definition) is 1. The lowest BCUT2D eigenvalue weighted by atomic mass is 10.2. The predicted molar refractivity (Wildman–Crippen MR) is 75.0 cm³/mol. The summed E-state index contributed by atoms with van der Waals surface area (Å²) in [4.78, 5) is 0.0887. The minimum Gasteiger partial charge on any atom is -0.453 e. The third kappa shape index (κ3) is 3.08. The number of hydrogen-bond acceptors (Lipinski definition) is 3. The van der Waals surface area contributed by atoms with E-state index < -0.39 is 5.82 Å². The van der Waals surface area contributed by atoms with Crippen LogP contribution in [0.25, 0.3) is 0 Å². The smallest absolute Gasteiger partial charge is 0.165 e. The van der Waals surface area contributed by atoms with Crippen molar-refractivity contribution in [3.05, 3.63) is 42.0 Å². The van der Waals surface area contributed by atoms with Crippen molar-refractivity contribution in [1.29, 1.82) is 0 Å². The molecule has 2 aromatic rings. The van der Waals surface area contributed by atoms with Gasteiger partial charge in [0.15, 0.2) is 5.75 Å². The van der Waals surface area contributed by atoms with Crippen LogP contribution < -0.4 is 10.5 Å². The molecule has 6 heteroatoms. The fraction of sp³-hybridized carbons (Fsp3) is 0.231. The van der Waals surface area contributed by atoms with E-state index in [9.17, 15) is 4.39 Å². The quantitative estimate of drug-likeness (QED) is 0.874. The first-order valence-corrected chi connectivity index (χ1v) is 6.19. The second-order valence-corrected chi connectivity index (χ2v) is 4.80. The molecule has 0 aliphatic carbocycles. The maximum Gasteiger partial charge on any atom is 0.165 e. The molecule has 0 atom stereocenters. The fourth-order valence-electron chi connectivity index (χ4n) is 1.57. The van der Waals surface area contributed by atoms with Crippen molar-refractivity contribution in [2.24, 2.45) is 5.73 Å². The second-order valence-electron chi connectivity index (χ2n) is 4.36. The zero-order valence-electron chi connectivity index (χ0n) is 10.6. The van der Waals surface area contributed by atoms with Gasteiger partial charge in [-0.2, -0.15) is 5.10 Å². The van der Waals surface area contributed by atoms with Crippen LogP contribution in [0.2, 0.25) is 0 Å². The Morgan fingerprint density at radius 1 is 1.47 bits per heavy atom. The van der Waals surface area contributed by atoms with E-state index in [2.05, 4.69) is 5.10 Å². The Hall–Kier alpha value is -1.95. The summed E-state index contributed by atoms with van der Waals surface area (Å²) in [7, 11) is 0. The van der Waals surface area contributed by atoms with Crippen LogP contribution in [0.15, 0.2) is 30.6 Å². The highest BCUT2D eigenvalue weighted by Crippen LogP contribution is 2.26. The van der Waals surface area contributed by atoms with E-state index in [0.29, 0.717) is 17.1 Å². The van der Waals surface area contributed by atoms with Gasteiger partial charge in [-0.3, -0.25) is 4.68 Å². The summed E-state index contributed by atoms with van der Waals surface area (Å²) in [5.74, 6) is 0.558. The van der Waals surface area contributed by atoms with Crippen LogP contribution in [0, 0.1) is 5.82 Å². The van der Waals surface area contributed by atoms with Crippen LogP contribution in [0.4, 0.5) is 4.39 Å². The van der Waals surface area contributed by atoms with E-state index in [4.69, 9.17) is 22.7 Å². The SMILES string of the molecule is CC(C)n1cc(Oc2ccc(F)cc2C(N)=S)cn1. The molecule has 0 saturated carbocycles. The highest BCUT2D eigenvalue weighted by atomic mass is 32.1. The summed E-state index contributed by atoms with van der Waals surface area (Å²) >= 11 is 4.88. The summed E-state index contributed by atoms with van der Waals surface area (Å²) in [6.07, 6.45) is 3.35. The highest BCUT2D eigenvalue weighted by molar-refractivity contribution is 7.80. The van der Waals surface area contributed by atoms with Crippen molar-refractivity contribution in [1.82, 2.24) is 9.78 Å². The molecule has 4 nitrogen and oxygen atoms in total. The molecular weight excluding hydrogens is 265 g/mol. The van der Waals surface area contributed by atoms with Crippen molar-refractivity contribution in [2.45, 2.75) is 19.9 Å². The van der Waals surface area contributed by atoms with E-state index in [1.54, 1.807) is 17.1 Å². The van der Waals surface area contributed by atoms with Crippen LogP contribution in [0.3, 0.4) is 0 Å². The lowest BCUT2D eigenvalue weighted by Gasteiger charge is -2.08. The summed E-state index contributed by atoms with van der Waals surface area (Å²) in [6.45, 7) is 4.02. The number of nitrogens with zero attached hydrogens (tertiary/aromatic N) is 2. The molecule has 1 aromatic heterocycles. The monoisotopic (exact) mass is 279 g/mol. The predicted octanol–water partition coefficient (Wildman–Crippen LogP) is 3.03. The zero-order chi connectivity index (χ0) is 14.0. The van der Waals surface area contributed by atoms with E-state index >= 15 is 0 Å².